The molecule has 0 spiro atoms. The number of nitrogens with one attached hydrogen (secondary N) is 1. The summed E-state index contributed by atoms with van der Waals surface area (Å²) in [5.41, 5.74) is 1.79. The standard InChI is InChI=1S/C18H19NO4/c1-12(2)23-16-5-3-4-14(11-16)18(22)19-15-8-6-13(7-9-15)10-17(20)21/h3-9,11-12H,10H2,1-2H3,(H,19,22)(H,20,21). The molecular weight excluding hydrogens is 294 g/mol. The van der Waals surface area contributed by atoms with Crippen LogP contribution in [0.5, 0.6) is 5.75 Å². The van der Waals surface area contributed by atoms with E-state index in [-0.39, 0.29) is 18.4 Å². The largest absolute Gasteiger partial charge is 0.491 e. The third kappa shape index (κ3) is 5.14. The first-order chi connectivity index (χ1) is 10.9. The van der Waals surface area contributed by atoms with Crippen LogP contribution in [0.4, 0.5) is 5.69 Å². The average molecular weight is 313 g/mol. The van der Waals surface area contributed by atoms with Gasteiger partial charge in [-0.25, -0.2) is 0 Å². The van der Waals surface area contributed by atoms with Gasteiger partial charge in [-0.15, -0.1) is 0 Å². The van der Waals surface area contributed by atoms with E-state index in [4.69, 9.17) is 9.84 Å². The van der Waals surface area contributed by atoms with Crippen LogP contribution in [-0.2, 0) is 11.2 Å². The fourth-order valence-corrected chi connectivity index (χ4v) is 2.07. The molecule has 5 heteroatoms. The van der Waals surface area contributed by atoms with E-state index in [1.54, 1.807) is 48.5 Å². The van der Waals surface area contributed by atoms with E-state index in [9.17, 15) is 9.59 Å². The van der Waals surface area contributed by atoms with Crippen molar-refractivity contribution in [1.82, 2.24) is 0 Å². The third-order valence-electron chi connectivity index (χ3n) is 3.04. The second-order valence-electron chi connectivity index (χ2n) is 5.42. The highest BCUT2D eigenvalue weighted by molar-refractivity contribution is 6.04. The smallest absolute Gasteiger partial charge is 0.307 e. The van der Waals surface area contributed by atoms with E-state index in [0.717, 1.165) is 0 Å². The first kappa shape index (κ1) is 16.5. The highest BCUT2D eigenvalue weighted by Crippen LogP contribution is 2.17. The van der Waals surface area contributed by atoms with E-state index < -0.39 is 5.97 Å². The fourth-order valence-electron chi connectivity index (χ4n) is 2.07. The maximum atomic E-state index is 12.3. The Morgan fingerprint density at radius 2 is 1.83 bits per heavy atom. The number of carboxylic acid groups (broad SMARTS) is 1. The van der Waals surface area contributed by atoms with Gasteiger partial charge in [-0.05, 0) is 49.7 Å². The van der Waals surface area contributed by atoms with E-state index in [1.807, 2.05) is 13.8 Å². The van der Waals surface area contributed by atoms with Crippen LogP contribution in [0.2, 0.25) is 0 Å². The van der Waals surface area contributed by atoms with E-state index in [2.05, 4.69) is 5.32 Å². The van der Waals surface area contributed by atoms with E-state index >= 15 is 0 Å². The fraction of sp³-hybridized carbons (Fsp3) is 0.222. The van der Waals surface area contributed by atoms with Crippen LogP contribution >= 0.6 is 0 Å². The lowest BCUT2D eigenvalue weighted by atomic mass is 10.1. The monoisotopic (exact) mass is 313 g/mol. The van der Waals surface area contributed by atoms with Crippen molar-refractivity contribution < 1.29 is 19.4 Å². The van der Waals surface area contributed by atoms with Crippen molar-refractivity contribution in [3.8, 4) is 5.75 Å². The Morgan fingerprint density at radius 3 is 2.43 bits per heavy atom. The summed E-state index contributed by atoms with van der Waals surface area (Å²) in [5.74, 6) is -0.488. The van der Waals surface area contributed by atoms with Gasteiger partial charge in [0.2, 0.25) is 0 Å². The van der Waals surface area contributed by atoms with Crippen LogP contribution in [0.15, 0.2) is 48.5 Å². The summed E-state index contributed by atoms with van der Waals surface area (Å²) < 4.78 is 5.57. The minimum atomic E-state index is -0.885. The Bertz CT molecular complexity index is 692. The molecule has 0 heterocycles. The Labute approximate surface area is 134 Å². The average Bonchev–Trinajstić information content (AvgIpc) is 2.48. The Kier molecular flexibility index (Phi) is 5.36. The topological polar surface area (TPSA) is 75.6 Å². The van der Waals surface area contributed by atoms with Gasteiger partial charge < -0.3 is 15.2 Å². The molecule has 0 fully saturated rings. The molecule has 0 atom stereocenters. The second kappa shape index (κ2) is 7.45. The molecule has 0 unspecified atom stereocenters. The Morgan fingerprint density at radius 1 is 1.13 bits per heavy atom. The van der Waals surface area contributed by atoms with Crippen molar-refractivity contribution in [3.63, 3.8) is 0 Å². The van der Waals surface area contributed by atoms with Gasteiger partial charge in [0.15, 0.2) is 0 Å². The van der Waals surface area contributed by atoms with Crippen LogP contribution in [0.3, 0.4) is 0 Å². The van der Waals surface area contributed by atoms with Gasteiger partial charge in [-0.2, -0.15) is 0 Å². The molecule has 23 heavy (non-hydrogen) atoms. The normalized spacial score (nSPS) is 10.4. The van der Waals surface area contributed by atoms with E-state index in [0.29, 0.717) is 22.6 Å². The molecule has 0 aliphatic heterocycles. The minimum absolute atomic E-state index is 0.0371. The van der Waals surface area contributed by atoms with Crippen molar-refractivity contribution in [1.29, 1.82) is 0 Å². The second-order valence-corrected chi connectivity index (χ2v) is 5.42. The van der Waals surface area contributed by atoms with Gasteiger partial charge in [0.25, 0.3) is 5.91 Å². The molecule has 0 radical (unpaired) electrons. The number of ether oxygens (including phenoxy) is 1. The van der Waals surface area contributed by atoms with Crippen LogP contribution in [0.25, 0.3) is 0 Å². The lowest BCUT2D eigenvalue weighted by Crippen LogP contribution is -2.13. The summed E-state index contributed by atoms with van der Waals surface area (Å²) >= 11 is 0. The van der Waals surface area contributed by atoms with Crippen molar-refractivity contribution in [2.45, 2.75) is 26.4 Å². The number of amides is 1. The molecular formula is C18H19NO4. The van der Waals surface area contributed by atoms with Crippen LogP contribution in [0.1, 0.15) is 29.8 Å². The Balaban J connectivity index is 2.05. The zero-order chi connectivity index (χ0) is 16.8. The number of aliphatic carboxylic acids is 1. The van der Waals surface area contributed by atoms with Gasteiger partial charge in [0.05, 0.1) is 12.5 Å². The molecule has 0 aromatic heterocycles. The quantitative estimate of drug-likeness (QED) is 0.857. The molecule has 0 aliphatic rings. The molecule has 120 valence electrons. The summed E-state index contributed by atoms with van der Waals surface area (Å²) in [7, 11) is 0. The maximum Gasteiger partial charge on any atom is 0.307 e. The molecule has 0 bridgehead atoms. The number of carboxylic acids is 1. The predicted molar refractivity (Wildman–Crippen MR) is 87.9 cm³/mol. The van der Waals surface area contributed by atoms with Crippen molar-refractivity contribution >= 4 is 17.6 Å². The number of carbonyl (C=O) groups excluding carboxylic acids is 1. The molecule has 5 nitrogen and oxygen atoms in total. The number of carbonyl (C=O) groups is 2. The highest BCUT2D eigenvalue weighted by Gasteiger charge is 2.08. The third-order valence-corrected chi connectivity index (χ3v) is 3.04. The molecule has 1 amide bonds. The van der Waals surface area contributed by atoms with Gasteiger partial charge in [0, 0.05) is 11.3 Å². The van der Waals surface area contributed by atoms with E-state index in [1.165, 1.54) is 0 Å². The van der Waals surface area contributed by atoms with Crippen LogP contribution in [0, 0.1) is 0 Å². The van der Waals surface area contributed by atoms with Crippen molar-refractivity contribution in [2.24, 2.45) is 0 Å². The zero-order valence-corrected chi connectivity index (χ0v) is 13.1. The molecule has 2 rings (SSSR count). The van der Waals surface area contributed by atoms with Gasteiger partial charge in [0.1, 0.15) is 5.75 Å². The Hall–Kier alpha value is -2.82. The minimum Gasteiger partial charge on any atom is -0.491 e. The van der Waals surface area contributed by atoms with Crippen molar-refractivity contribution in [2.75, 3.05) is 5.32 Å². The highest BCUT2D eigenvalue weighted by atomic mass is 16.5. The molecule has 0 saturated heterocycles. The van der Waals surface area contributed by atoms with Crippen LogP contribution in [-0.4, -0.2) is 23.1 Å². The molecule has 2 N–H and O–H groups in total. The summed E-state index contributed by atoms with van der Waals surface area (Å²) in [6.07, 6.45) is -0.00176. The summed E-state index contributed by atoms with van der Waals surface area (Å²) in [6.45, 7) is 3.84. The summed E-state index contributed by atoms with van der Waals surface area (Å²) in [5, 5.41) is 11.5. The molecule has 0 saturated carbocycles. The lowest BCUT2D eigenvalue weighted by Gasteiger charge is -2.11. The summed E-state index contributed by atoms with van der Waals surface area (Å²) in [6, 6.07) is 13.7. The number of hydrogen-bond acceptors (Lipinski definition) is 3. The SMILES string of the molecule is CC(C)Oc1cccc(C(=O)Nc2ccc(CC(=O)O)cc2)c1. The van der Waals surface area contributed by atoms with Gasteiger partial charge in [-0.1, -0.05) is 18.2 Å². The maximum absolute atomic E-state index is 12.3. The lowest BCUT2D eigenvalue weighted by molar-refractivity contribution is -0.136. The molecule has 2 aromatic rings. The van der Waals surface area contributed by atoms with Gasteiger partial charge in [-0.3, -0.25) is 9.59 Å². The number of anilines is 1. The molecule has 2 aromatic carbocycles. The zero-order valence-electron chi connectivity index (χ0n) is 13.1. The summed E-state index contributed by atoms with van der Waals surface area (Å²) in [4.78, 5) is 22.9. The number of hydrogen-bond donors (Lipinski definition) is 2. The van der Waals surface area contributed by atoms with Crippen LogP contribution < -0.4 is 10.1 Å². The predicted octanol–water partition coefficient (Wildman–Crippen LogP) is 3.35. The first-order valence-corrected chi connectivity index (χ1v) is 7.33. The van der Waals surface area contributed by atoms with Crippen molar-refractivity contribution in [3.05, 3.63) is 59.7 Å². The number of rotatable bonds is 6. The molecule has 0 aliphatic carbocycles. The first-order valence-electron chi connectivity index (χ1n) is 7.33. The van der Waals surface area contributed by atoms with Gasteiger partial charge >= 0.3 is 5.97 Å². The number of benzene rings is 2.